The first-order valence-electron chi connectivity index (χ1n) is 9.52. The Morgan fingerprint density at radius 1 is 1.14 bits per heavy atom. The Morgan fingerprint density at radius 2 is 1.97 bits per heavy atom. The molecule has 0 spiro atoms. The van der Waals surface area contributed by atoms with E-state index in [4.69, 9.17) is 4.74 Å². The van der Waals surface area contributed by atoms with Crippen LogP contribution in [-0.4, -0.2) is 50.2 Å². The van der Waals surface area contributed by atoms with E-state index in [0.717, 1.165) is 32.8 Å². The van der Waals surface area contributed by atoms with E-state index in [1.54, 1.807) is 18.2 Å². The Labute approximate surface area is 167 Å². The molecule has 1 fully saturated rings. The van der Waals surface area contributed by atoms with Gasteiger partial charge in [-0.05, 0) is 30.3 Å². The highest BCUT2D eigenvalue weighted by molar-refractivity contribution is 6.31. The zero-order valence-corrected chi connectivity index (χ0v) is 15.8. The van der Waals surface area contributed by atoms with Crippen LogP contribution in [-0.2, 0) is 9.53 Å². The van der Waals surface area contributed by atoms with Gasteiger partial charge in [-0.1, -0.05) is 6.07 Å². The molecular formula is C21H22F2N4O2. The van der Waals surface area contributed by atoms with E-state index in [0.29, 0.717) is 23.6 Å². The second-order valence-electron chi connectivity index (χ2n) is 6.89. The summed E-state index contributed by atoms with van der Waals surface area (Å²) in [6.45, 7) is 4.68. The van der Waals surface area contributed by atoms with E-state index < -0.39 is 17.5 Å². The highest BCUT2D eigenvalue weighted by atomic mass is 19.1. The number of carbonyl (C=O) groups is 1. The van der Waals surface area contributed by atoms with Crippen molar-refractivity contribution in [2.75, 3.05) is 55.3 Å². The third-order valence-corrected chi connectivity index (χ3v) is 4.98. The average Bonchev–Trinajstić information content (AvgIpc) is 3.05. The lowest BCUT2D eigenvalue weighted by Crippen LogP contribution is -2.39. The molecule has 3 N–H and O–H groups in total. The minimum atomic E-state index is -0.486. The van der Waals surface area contributed by atoms with Crippen molar-refractivity contribution in [1.82, 2.24) is 4.90 Å². The lowest BCUT2D eigenvalue weighted by molar-refractivity contribution is -0.110. The summed E-state index contributed by atoms with van der Waals surface area (Å²) in [5.41, 5.74) is 1.69. The number of nitrogens with one attached hydrogen (secondary N) is 3. The van der Waals surface area contributed by atoms with Crippen molar-refractivity contribution in [2.45, 2.75) is 0 Å². The molecular weight excluding hydrogens is 378 g/mol. The molecule has 2 aliphatic heterocycles. The van der Waals surface area contributed by atoms with Crippen molar-refractivity contribution >= 4 is 28.5 Å². The van der Waals surface area contributed by atoms with E-state index >= 15 is 0 Å². The number of amides is 1. The number of morpholine rings is 1. The van der Waals surface area contributed by atoms with Crippen LogP contribution >= 0.6 is 0 Å². The van der Waals surface area contributed by atoms with Crippen molar-refractivity contribution in [3.05, 3.63) is 59.8 Å². The summed E-state index contributed by atoms with van der Waals surface area (Å²) in [5, 5.41) is 8.59. The highest BCUT2D eigenvalue weighted by Gasteiger charge is 2.27. The fraction of sp³-hybridized carbons (Fsp3) is 0.286. The van der Waals surface area contributed by atoms with Gasteiger partial charge in [0.2, 0.25) is 0 Å². The molecule has 0 unspecified atom stereocenters. The predicted molar refractivity (Wildman–Crippen MR) is 109 cm³/mol. The Bertz CT molecular complexity index is 942. The van der Waals surface area contributed by atoms with Gasteiger partial charge in [0.1, 0.15) is 11.6 Å². The number of nitrogens with zero attached hydrogens (tertiary/aromatic N) is 1. The lowest BCUT2D eigenvalue weighted by atomic mass is 10.1. The van der Waals surface area contributed by atoms with Crippen LogP contribution in [0.25, 0.3) is 5.57 Å². The number of carbonyl (C=O) groups excluding carboxylic acids is 1. The van der Waals surface area contributed by atoms with E-state index in [9.17, 15) is 13.6 Å². The smallest absolute Gasteiger partial charge is 0.257 e. The van der Waals surface area contributed by atoms with Gasteiger partial charge in [0.05, 0.1) is 30.2 Å². The second-order valence-corrected chi connectivity index (χ2v) is 6.89. The van der Waals surface area contributed by atoms with Crippen molar-refractivity contribution in [3.8, 4) is 0 Å². The summed E-state index contributed by atoms with van der Waals surface area (Å²) >= 11 is 0. The normalized spacial score (nSPS) is 17.9. The van der Waals surface area contributed by atoms with Crippen LogP contribution in [0.15, 0.2) is 42.6 Å². The van der Waals surface area contributed by atoms with Crippen molar-refractivity contribution in [3.63, 3.8) is 0 Å². The van der Waals surface area contributed by atoms with Gasteiger partial charge >= 0.3 is 0 Å². The standard InChI is InChI=1S/C21H22F2N4O2/c22-16-2-1-3-19-20(16)15(21(28)26-19)13-25-14-4-5-18(17(23)12-14)24-6-7-27-8-10-29-11-9-27/h1-5,12-13,24-25H,6-11H2,(H,26,28). The first kappa shape index (κ1) is 19.4. The number of hydrogen-bond donors (Lipinski definition) is 3. The first-order chi connectivity index (χ1) is 14.1. The van der Waals surface area contributed by atoms with Crippen LogP contribution in [0, 0.1) is 11.6 Å². The Hall–Kier alpha value is -2.97. The topological polar surface area (TPSA) is 65.6 Å². The molecule has 29 heavy (non-hydrogen) atoms. The van der Waals surface area contributed by atoms with Gasteiger partial charge in [-0.2, -0.15) is 0 Å². The van der Waals surface area contributed by atoms with Gasteiger partial charge < -0.3 is 20.7 Å². The first-order valence-corrected chi connectivity index (χ1v) is 9.52. The summed E-state index contributed by atoms with van der Waals surface area (Å²) in [6.07, 6.45) is 1.39. The molecule has 0 aromatic heterocycles. The summed E-state index contributed by atoms with van der Waals surface area (Å²) in [6, 6.07) is 9.14. The third-order valence-electron chi connectivity index (χ3n) is 4.98. The maximum Gasteiger partial charge on any atom is 0.257 e. The number of halogens is 2. The number of benzene rings is 2. The minimum Gasteiger partial charge on any atom is -0.381 e. The number of fused-ring (bicyclic) bond motifs is 1. The fourth-order valence-corrected chi connectivity index (χ4v) is 3.42. The van der Waals surface area contributed by atoms with Crippen LogP contribution in [0.2, 0.25) is 0 Å². The van der Waals surface area contributed by atoms with Crippen LogP contribution in [0.4, 0.5) is 25.8 Å². The third kappa shape index (κ3) is 4.38. The van der Waals surface area contributed by atoms with E-state index in [1.165, 1.54) is 24.4 Å². The number of ether oxygens (including phenoxy) is 1. The maximum atomic E-state index is 14.4. The van der Waals surface area contributed by atoms with E-state index in [2.05, 4.69) is 20.9 Å². The molecule has 8 heteroatoms. The molecule has 2 heterocycles. The van der Waals surface area contributed by atoms with Gasteiger partial charge in [-0.3, -0.25) is 9.69 Å². The summed E-state index contributed by atoms with van der Waals surface area (Å²) < 4.78 is 33.8. The number of anilines is 3. The molecule has 1 amide bonds. The monoisotopic (exact) mass is 400 g/mol. The maximum absolute atomic E-state index is 14.4. The molecule has 2 aromatic rings. The van der Waals surface area contributed by atoms with Crippen molar-refractivity contribution in [2.24, 2.45) is 0 Å². The lowest BCUT2D eigenvalue weighted by Gasteiger charge is -2.26. The molecule has 0 saturated carbocycles. The zero-order valence-electron chi connectivity index (χ0n) is 15.8. The molecule has 1 saturated heterocycles. The Morgan fingerprint density at radius 3 is 2.76 bits per heavy atom. The van der Waals surface area contributed by atoms with Crippen LogP contribution < -0.4 is 16.0 Å². The van der Waals surface area contributed by atoms with E-state index in [1.807, 2.05) is 0 Å². The summed E-state index contributed by atoms with van der Waals surface area (Å²) in [7, 11) is 0. The highest BCUT2D eigenvalue weighted by Crippen LogP contribution is 2.33. The predicted octanol–water partition coefficient (Wildman–Crippen LogP) is 3.11. The van der Waals surface area contributed by atoms with Gasteiger partial charge in [0.25, 0.3) is 5.91 Å². The molecule has 0 bridgehead atoms. The zero-order chi connectivity index (χ0) is 20.2. The molecule has 0 radical (unpaired) electrons. The molecule has 4 rings (SSSR count). The van der Waals surface area contributed by atoms with Crippen molar-refractivity contribution in [1.29, 1.82) is 0 Å². The number of rotatable bonds is 6. The largest absolute Gasteiger partial charge is 0.381 e. The Kier molecular flexibility index (Phi) is 5.73. The average molecular weight is 400 g/mol. The van der Waals surface area contributed by atoms with Crippen LogP contribution in [0.5, 0.6) is 0 Å². The van der Waals surface area contributed by atoms with Gasteiger partial charge in [0, 0.05) is 43.6 Å². The van der Waals surface area contributed by atoms with Crippen LogP contribution in [0.3, 0.4) is 0 Å². The van der Waals surface area contributed by atoms with Gasteiger partial charge in [0.15, 0.2) is 0 Å². The van der Waals surface area contributed by atoms with E-state index in [-0.39, 0.29) is 11.1 Å². The minimum absolute atomic E-state index is 0.172. The SMILES string of the molecule is O=C1Nc2cccc(F)c2C1=CNc1ccc(NCCN2CCOCC2)c(F)c1. The van der Waals surface area contributed by atoms with Crippen molar-refractivity contribution < 1.29 is 18.3 Å². The number of hydrogen-bond acceptors (Lipinski definition) is 5. The molecule has 2 aliphatic rings. The van der Waals surface area contributed by atoms with Gasteiger partial charge in [-0.15, -0.1) is 0 Å². The summed E-state index contributed by atoms with van der Waals surface area (Å²) in [4.78, 5) is 14.4. The molecule has 152 valence electrons. The fourth-order valence-electron chi connectivity index (χ4n) is 3.42. The van der Waals surface area contributed by atoms with Crippen LogP contribution in [0.1, 0.15) is 5.56 Å². The summed E-state index contributed by atoms with van der Waals surface area (Å²) in [5.74, 6) is -1.29. The molecule has 2 aromatic carbocycles. The molecule has 6 nitrogen and oxygen atoms in total. The molecule has 0 atom stereocenters. The van der Waals surface area contributed by atoms with Gasteiger partial charge in [-0.25, -0.2) is 8.78 Å². The quantitative estimate of drug-likeness (QED) is 0.651. The second kappa shape index (κ2) is 8.59. The molecule has 0 aliphatic carbocycles. The Balaban J connectivity index is 1.39.